The topological polar surface area (TPSA) is 85.1 Å². The first-order chi connectivity index (χ1) is 11.5. The fraction of sp³-hybridized carbons (Fsp3) is 0.0667. The maximum atomic E-state index is 12.1. The van der Waals surface area contributed by atoms with Gasteiger partial charge in [-0.15, -0.1) is 11.3 Å². The van der Waals surface area contributed by atoms with Gasteiger partial charge in [0.1, 0.15) is 5.69 Å². The monoisotopic (exact) mass is 379 g/mol. The number of aromatic nitrogens is 1. The highest BCUT2D eigenvalue weighted by Crippen LogP contribution is 2.30. The Bertz CT molecular complexity index is 896. The zero-order valence-electron chi connectivity index (χ0n) is 12.1. The molecule has 0 spiro atoms. The molecular weight excluding hydrogens is 370 g/mol. The van der Waals surface area contributed by atoms with Crippen LogP contribution >= 0.6 is 34.7 Å². The van der Waals surface area contributed by atoms with Crippen LogP contribution in [-0.4, -0.2) is 21.6 Å². The van der Waals surface area contributed by atoms with Gasteiger partial charge in [-0.3, -0.25) is 14.9 Å². The van der Waals surface area contributed by atoms with E-state index in [2.05, 4.69) is 10.3 Å². The third kappa shape index (κ3) is 3.84. The largest absolute Gasteiger partial charge is 0.320 e. The molecule has 3 aromatic rings. The molecule has 0 atom stereocenters. The van der Waals surface area contributed by atoms with Crippen LogP contribution in [0.3, 0.4) is 0 Å². The van der Waals surface area contributed by atoms with Crippen molar-refractivity contribution in [2.75, 3.05) is 11.1 Å². The van der Waals surface area contributed by atoms with Crippen molar-refractivity contribution in [1.29, 1.82) is 0 Å². The lowest BCUT2D eigenvalue weighted by Gasteiger charge is -2.05. The lowest BCUT2D eigenvalue weighted by atomic mass is 10.2. The molecular formula is C15H10ClN3O3S2. The minimum Gasteiger partial charge on any atom is -0.320 e. The summed E-state index contributed by atoms with van der Waals surface area (Å²) in [5.74, 6) is -0.256. The number of amides is 1. The number of nitro groups is 1. The van der Waals surface area contributed by atoms with E-state index in [1.807, 2.05) is 24.3 Å². The Morgan fingerprint density at radius 3 is 2.88 bits per heavy atom. The van der Waals surface area contributed by atoms with Crippen LogP contribution < -0.4 is 5.32 Å². The van der Waals surface area contributed by atoms with Crippen molar-refractivity contribution < 1.29 is 9.72 Å². The van der Waals surface area contributed by atoms with Gasteiger partial charge in [0, 0.05) is 11.1 Å². The Kier molecular flexibility index (Phi) is 4.98. The first kappa shape index (κ1) is 16.7. The van der Waals surface area contributed by atoms with Gasteiger partial charge in [0.25, 0.3) is 5.69 Å². The highest BCUT2D eigenvalue weighted by Gasteiger charge is 2.16. The third-order valence-corrected chi connectivity index (χ3v) is 5.44. The SMILES string of the molecule is O=C(CSc1nc2ccccc2s1)Nc1cc(Cl)ccc1[N+](=O)[O-]. The van der Waals surface area contributed by atoms with Crippen LogP contribution in [0.5, 0.6) is 0 Å². The predicted molar refractivity (Wildman–Crippen MR) is 97.1 cm³/mol. The molecule has 1 heterocycles. The highest BCUT2D eigenvalue weighted by molar-refractivity contribution is 8.01. The van der Waals surface area contributed by atoms with Crippen LogP contribution in [0.15, 0.2) is 46.8 Å². The molecule has 1 N–H and O–H groups in total. The number of rotatable bonds is 5. The highest BCUT2D eigenvalue weighted by atomic mass is 35.5. The van der Waals surface area contributed by atoms with E-state index in [-0.39, 0.29) is 23.0 Å². The molecule has 0 saturated carbocycles. The normalized spacial score (nSPS) is 10.7. The Balaban J connectivity index is 1.67. The molecule has 1 amide bonds. The molecule has 1 aromatic heterocycles. The Morgan fingerprint density at radius 1 is 1.33 bits per heavy atom. The molecule has 6 nitrogen and oxygen atoms in total. The molecule has 2 aromatic carbocycles. The number of thiazole rings is 1. The van der Waals surface area contributed by atoms with Crippen molar-refractivity contribution in [3.8, 4) is 0 Å². The smallest absolute Gasteiger partial charge is 0.292 e. The molecule has 0 radical (unpaired) electrons. The van der Waals surface area contributed by atoms with Gasteiger partial charge >= 0.3 is 0 Å². The second-order valence-corrected chi connectivity index (χ2v) is 7.39. The fourth-order valence-electron chi connectivity index (χ4n) is 1.99. The van der Waals surface area contributed by atoms with Gasteiger partial charge in [0.2, 0.25) is 5.91 Å². The summed E-state index contributed by atoms with van der Waals surface area (Å²) in [6.07, 6.45) is 0. The second-order valence-electron chi connectivity index (χ2n) is 4.70. The summed E-state index contributed by atoms with van der Waals surface area (Å²) in [6.45, 7) is 0. The van der Waals surface area contributed by atoms with E-state index in [1.54, 1.807) is 0 Å². The van der Waals surface area contributed by atoms with Crippen molar-refractivity contribution in [2.24, 2.45) is 0 Å². The van der Waals surface area contributed by atoms with Crippen LogP contribution in [0.1, 0.15) is 0 Å². The Labute approximate surface area is 150 Å². The van der Waals surface area contributed by atoms with Crippen molar-refractivity contribution in [1.82, 2.24) is 4.98 Å². The zero-order chi connectivity index (χ0) is 17.1. The lowest BCUT2D eigenvalue weighted by molar-refractivity contribution is -0.383. The minimum absolute atomic E-state index is 0.0856. The molecule has 0 aliphatic heterocycles. The molecule has 0 aliphatic rings. The average molecular weight is 380 g/mol. The number of anilines is 1. The van der Waals surface area contributed by atoms with E-state index in [1.165, 1.54) is 41.3 Å². The number of hydrogen-bond acceptors (Lipinski definition) is 6. The number of nitro benzene ring substituents is 1. The summed E-state index contributed by atoms with van der Waals surface area (Å²) in [5.41, 5.74) is 0.774. The standard InChI is InChI=1S/C15H10ClN3O3S2/c16-9-5-6-12(19(21)22)11(7-9)17-14(20)8-23-15-18-10-3-1-2-4-13(10)24-15/h1-7H,8H2,(H,17,20). The van der Waals surface area contributed by atoms with Gasteiger partial charge in [0.15, 0.2) is 4.34 Å². The van der Waals surface area contributed by atoms with Crippen molar-refractivity contribution >= 4 is 62.2 Å². The molecule has 24 heavy (non-hydrogen) atoms. The van der Waals surface area contributed by atoms with Crippen molar-refractivity contribution in [2.45, 2.75) is 4.34 Å². The predicted octanol–water partition coefficient (Wildman–Crippen LogP) is 4.59. The van der Waals surface area contributed by atoms with Gasteiger partial charge in [-0.25, -0.2) is 4.98 Å². The van der Waals surface area contributed by atoms with Gasteiger partial charge in [-0.05, 0) is 24.3 Å². The van der Waals surface area contributed by atoms with Crippen LogP contribution in [-0.2, 0) is 4.79 Å². The second kappa shape index (κ2) is 7.16. The van der Waals surface area contributed by atoms with E-state index in [0.29, 0.717) is 5.02 Å². The number of hydrogen-bond donors (Lipinski definition) is 1. The summed E-state index contributed by atoms with van der Waals surface area (Å²) >= 11 is 8.62. The van der Waals surface area contributed by atoms with E-state index in [0.717, 1.165) is 14.6 Å². The number of benzene rings is 2. The third-order valence-electron chi connectivity index (χ3n) is 3.03. The summed E-state index contributed by atoms with van der Waals surface area (Å²) in [5, 5.41) is 13.8. The molecule has 0 unspecified atom stereocenters. The first-order valence-corrected chi connectivity index (χ1v) is 8.93. The zero-order valence-corrected chi connectivity index (χ0v) is 14.5. The number of nitrogens with one attached hydrogen (secondary N) is 1. The number of nitrogens with zero attached hydrogens (tertiary/aromatic N) is 2. The minimum atomic E-state index is -0.563. The Hall–Kier alpha value is -2.16. The summed E-state index contributed by atoms with van der Waals surface area (Å²) in [6, 6.07) is 11.7. The summed E-state index contributed by atoms with van der Waals surface area (Å²) in [4.78, 5) is 26.9. The van der Waals surface area contributed by atoms with E-state index >= 15 is 0 Å². The molecule has 9 heteroatoms. The molecule has 0 saturated heterocycles. The van der Waals surface area contributed by atoms with Crippen molar-refractivity contribution in [3.63, 3.8) is 0 Å². The molecule has 0 aliphatic carbocycles. The lowest BCUT2D eigenvalue weighted by Crippen LogP contribution is -2.15. The van der Waals surface area contributed by atoms with Crippen LogP contribution in [0.25, 0.3) is 10.2 Å². The molecule has 3 rings (SSSR count). The van der Waals surface area contributed by atoms with Crippen molar-refractivity contribution in [3.05, 3.63) is 57.6 Å². The number of carbonyl (C=O) groups is 1. The molecule has 0 fully saturated rings. The number of fused-ring (bicyclic) bond motifs is 1. The van der Waals surface area contributed by atoms with Gasteiger partial charge < -0.3 is 5.32 Å². The molecule has 122 valence electrons. The number of para-hydroxylation sites is 1. The Morgan fingerprint density at radius 2 is 2.12 bits per heavy atom. The molecule has 0 bridgehead atoms. The number of carbonyl (C=O) groups excluding carboxylic acids is 1. The summed E-state index contributed by atoms with van der Waals surface area (Å²) in [7, 11) is 0. The van der Waals surface area contributed by atoms with Crippen LogP contribution in [0.2, 0.25) is 5.02 Å². The van der Waals surface area contributed by atoms with Gasteiger partial charge in [-0.2, -0.15) is 0 Å². The number of thioether (sulfide) groups is 1. The number of halogens is 1. The van der Waals surface area contributed by atoms with E-state index < -0.39 is 4.92 Å². The average Bonchev–Trinajstić information content (AvgIpc) is 2.95. The maximum absolute atomic E-state index is 12.1. The van der Waals surface area contributed by atoms with E-state index in [9.17, 15) is 14.9 Å². The quantitative estimate of drug-likeness (QED) is 0.398. The summed E-state index contributed by atoms with van der Waals surface area (Å²) < 4.78 is 1.82. The fourth-order valence-corrected chi connectivity index (χ4v) is 4.03. The van der Waals surface area contributed by atoms with Gasteiger partial charge in [-0.1, -0.05) is 35.5 Å². The van der Waals surface area contributed by atoms with Gasteiger partial charge in [0.05, 0.1) is 20.9 Å². The maximum Gasteiger partial charge on any atom is 0.292 e. The van der Waals surface area contributed by atoms with Crippen LogP contribution in [0, 0.1) is 10.1 Å². The van der Waals surface area contributed by atoms with E-state index in [4.69, 9.17) is 11.6 Å². The first-order valence-electron chi connectivity index (χ1n) is 6.75. The van der Waals surface area contributed by atoms with Crippen LogP contribution in [0.4, 0.5) is 11.4 Å².